The minimum Gasteiger partial charge on any atom is -0.349 e. The lowest BCUT2D eigenvalue weighted by molar-refractivity contribution is -0.218. The zero-order valence-corrected chi connectivity index (χ0v) is 13.7. The number of nitrogens with one attached hydrogen (secondary N) is 2. The van der Waals surface area contributed by atoms with Crippen LogP contribution in [0.2, 0.25) is 0 Å². The number of carbonyl (C=O) groups excluding carboxylic acids is 1. The molecule has 0 radical (unpaired) electrons. The summed E-state index contributed by atoms with van der Waals surface area (Å²) in [7, 11) is 0. The van der Waals surface area contributed by atoms with Crippen molar-refractivity contribution in [2.45, 2.75) is 51.7 Å². The van der Waals surface area contributed by atoms with Crippen LogP contribution < -0.4 is 5.32 Å². The molecule has 0 aromatic carbocycles. The SMILES string of the molecule is CC(NC(=O)c1c[nH]c2ncc(C3CC3)nc12)C(C)(C)C(F)(F)F. The van der Waals surface area contributed by atoms with Crippen molar-refractivity contribution in [3.8, 4) is 0 Å². The van der Waals surface area contributed by atoms with Crippen LogP contribution in [0.5, 0.6) is 0 Å². The number of aromatic nitrogens is 3. The molecule has 1 aliphatic carbocycles. The zero-order valence-electron chi connectivity index (χ0n) is 13.7. The number of hydrogen-bond donors (Lipinski definition) is 2. The summed E-state index contributed by atoms with van der Waals surface area (Å²) in [4.78, 5) is 24.0. The number of amides is 1. The van der Waals surface area contributed by atoms with Crippen LogP contribution in [0.1, 0.15) is 55.6 Å². The second kappa shape index (κ2) is 5.46. The minimum absolute atomic E-state index is 0.213. The highest BCUT2D eigenvalue weighted by Gasteiger charge is 2.51. The van der Waals surface area contributed by atoms with E-state index in [4.69, 9.17) is 0 Å². The van der Waals surface area contributed by atoms with Gasteiger partial charge in [0.25, 0.3) is 5.91 Å². The Bertz CT molecular complexity index is 777. The highest BCUT2D eigenvalue weighted by Crippen LogP contribution is 2.41. The van der Waals surface area contributed by atoms with Crippen LogP contribution >= 0.6 is 0 Å². The van der Waals surface area contributed by atoms with Crippen molar-refractivity contribution in [3.05, 3.63) is 23.7 Å². The fourth-order valence-electron chi connectivity index (χ4n) is 2.35. The van der Waals surface area contributed by atoms with Crippen LogP contribution in [0, 0.1) is 5.41 Å². The van der Waals surface area contributed by atoms with Gasteiger partial charge in [0.05, 0.1) is 22.9 Å². The van der Waals surface area contributed by atoms with E-state index in [0.29, 0.717) is 17.1 Å². The molecule has 5 nitrogen and oxygen atoms in total. The van der Waals surface area contributed by atoms with Gasteiger partial charge in [-0.3, -0.25) is 4.79 Å². The fourth-order valence-corrected chi connectivity index (χ4v) is 2.35. The minimum atomic E-state index is -4.42. The maximum absolute atomic E-state index is 13.1. The van der Waals surface area contributed by atoms with E-state index in [1.807, 2.05) is 0 Å². The highest BCUT2D eigenvalue weighted by atomic mass is 19.4. The predicted molar refractivity (Wildman–Crippen MR) is 82.6 cm³/mol. The number of hydrogen-bond acceptors (Lipinski definition) is 3. The van der Waals surface area contributed by atoms with Gasteiger partial charge < -0.3 is 10.3 Å². The van der Waals surface area contributed by atoms with Gasteiger partial charge in [0.15, 0.2) is 5.65 Å². The summed E-state index contributed by atoms with van der Waals surface area (Å²) in [5.41, 5.74) is -0.162. The van der Waals surface area contributed by atoms with Crippen LogP contribution in [0.3, 0.4) is 0 Å². The summed E-state index contributed by atoms with van der Waals surface area (Å²) in [6.45, 7) is 3.48. The molecular weight excluding hydrogens is 321 g/mol. The molecule has 1 saturated carbocycles. The number of aromatic amines is 1. The van der Waals surface area contributed by atoms with Crippen molar-refractivity contribution < 1.29 is 18.0 Å². The fraction of sp³-hybridized carbons (Fsp3) is 0.562. The smallest absolute Gasteiger partial charge is 0.349 e. The quantitative estimate of drug-likeness (QED) is 0.894. The van der Waals surface area contributed by atoms with E-state index in [1.54, 1.807) is 6.20 Å². The second-order valence-corrected chi connectivity index (χ2v) is 6.88. The maximum Gasteiger partial charge on any atom is 0.395 e. The number of halogens is 3. The Kier molecular flexibility index (Phi) is 3.80. The summed E-state index contributed by atoms with van der Waals surface area (Å²) in [5.74, 6) is -0.218. The Labute approximate surface area is 137 Å². The molecule has 0 aliphatic heterocycles. The summed E-state index contributed by atoms with van der Waals surface area (Å²) >= 11 is 0. The van der Waals surface area contributed by atoms with E-state index in [-0.39, 0.29) is 5.56 Å². The number of fused-ring (bicyclic) bond motifs is 1. The van der Waals surface area contributed by atoms with Crippen LogP contribution in [0.4, 0.5) is 13.2 Å². The molecule has 2 N–H and O–H groups in total. The molecule has 24 heavy (non-hydrogen) atoms. The van der Waals surface area contributed by atoms with Gasteiger partial charge in [0.2, 0.25) is 0 Å². The number of alkyl halides is 3. The van der Waals surface area contributed by atoms with Crippen molar-refractivity contribution in [1.29, 1.82) is 0 Å². The van der Waals surface area contributed by atoms with Crippen molar-refractivity contribution in [3.63, 3.8) is 0 Å². The van der Waals surface area contributed by atoms with Gasteiger partial charge in [-0.15, -0.1) is 0 Å². The summed E-state index contributed by atoms with van der Waals surface area (Å²) in [6.07, 6.45) is 0.780. The third kappa shape index (κ3) is 2.85. The summed E-state index contributed by atoms with van der Waals surface area (Å²) < 4.78 is 39.3. The van der Waals surface area contributed by atoms with Gasteiger partial charge in [-0.2, -0.15) is 13.2 Å². The van der Waals surface area contributed by atoms with Crippen LogP contribution in [0.15, 0.2) is 12.4 Å². The van der Waals surface area contributed by atoms with Gasteiger partial charge in [0.1, 0.15) is 5.52 Å². The van der Waals surface area contributed by atoms with Crippen molar-refractivity contribution in [2.75, 3.05) is 0 Å². The Balaban J connectivity index is 1.85. The lowest BCUT2D eigenvalue weighted by atomic mass is 9.84. The molecular formula is C16H19F3N4O. The van der Waals surface area contributed by atoms with Crippen LogP contribution in [-0.4, -0.2) is 33.1 Å². The molecule has 2 heterocycles. The first-order valence-corrected chi connectivity index (χ1v) is 7.83. The average Bonchev–Trinajstić information content (AvgIpc) is 3.25. The van der Waals surface area contributed by atoms with E-state index < -0.39 is 23.5 Å². The number of rotatable bonds is 4. The molecule has 1 unspecified atom stereocenters. The number of carbonyl (C=O) groups is 1. The predicted octanol–water partition coefficient (Wildman–Crippen LogP) is 3.54. The molecule has 0 saturated heterocycles. The molecule has 1 amide bonds. The molecule has 1 aliphatic rings. The van der Waals surface area contributed by atoms with E-state index in [0.717, 1.165) is 32.4 Å². The molecule has 2 aromatic rings. The number of H-pyrrole nitrogens is 1. The normalized spacial score (nSPS) is 17.1. The molecule has 1 fully saturated rings. The van der Waals surface area contributed by atoms with Crippen LogP contribution in [0.25, 0.3) is 11.2 Å². The second-order valence-electron chi connectivity index (χ2n) is 6.88. The zero-order chi connectivity index (χ0) is 17.7. The Morgan fingerprint density at radius 1 is 1.38 bits per heavy atom. The summed E-state index contributed by atoms with van der Waals surface area (Å²) in [6, 6.07) is -1.09. The van der Waals surface area contributed by atoms with Crippen molar-refractivity contribution in [2.24, 2.45) is 5.41 Å². The van der Waals surface area contributed by atoms with E-state index in [1.165, 1.54) is 13.1 Å². The molecule has 130 valence electrons. The average molecular weight is 340 g/mol. The highest BCUT2D eigenvalue weighted by molar-refractivity contribution is 6.04. The van der Waals surface area contributed by atoms with Gasteiger partial charge in [-0.05, 0) is 33.6 Å². The summed E-state index contributed by atoms with van der Waals surface area (Å²) in [5, 5.41) is 2.44. The molecule has 3 rings (SSSR count). The lowest BCUT2D eigenvalue weighted by Gasteiger charge is -2.34. The first-order valence-electron chi connectivity index (χ1n) is 7.83. The van der Waals surface area contributed by atoms with Crippen LogP contribution in [-0.2, 0) is 0 Å². The lowest BCUT2D eigenvalue weighted by Crippen LogP contribution is -2.50. The first kappa shape index (κ1) is 16.7. The van der Waals surface area contributed by atoms with Gasteiger partial charge in [-0.25, -0.2) is 9.97 Å². The Morgan fingerprint density at radius 2 is 2.04 bits per heavy atom. The van der Waals surface area contributed by atoms with E-state index in [9.17, 15) is 18.0 Å². The Morgan fingerprint density at radius 3 is 2.62 bits per heavy atom. The van der Waals surface area contributed by atoms with E-state index >= 15 is 0 Å². The molecule has 2 aromatic heterocycles. The van der Waals surface area contributed by atoms with Crippen molar-refractivity contribution >= 4 is 17.1 Å². The third-order valence-corrected chi connectivity index (χ3v) is 4.80. The molecule has 1 atom stereocenters. The molecule has 8 heteroatoms. The standard InChI is InChI=1S/C16H19F3N4O/c1-8(15(2,3)16(17,18)19)22-14(24)10-6-20-13-12(10)23-11(7-21-13)9-4-5-9/h6-9H,4-5H2,1-3H3,(H,20,21)(H,22,24). The van der Waals surface area contributed by atoms with Gasteiger partial charge in [-0.1, -0.05) is 0 Å². The third-order valence-electron chi connectivity index (χ3n) is 4.80. The Hall–Kier alpha value is -2.12. The topological polar surface area (TPSA) is 70.7 Å². The number of nitrogens with zero attached hydrogens (tertiary/aromatic N) is 2. The van der Waals surface area contributed by atoms with E-state index in [2.05, 4.69) is 20.3 Å². The first-order chi connectivity index (χ1) is 11.1. The monoisotopic (exact) mass is 340 g/mol. The molecule has 0 spiro atoms. The maximum atomic E-state index is 13.1. The molecule has 0 bridgehead atoms. The van der Waals surface area contributed by atoms with Gasteiger partial charge >= 0.3 is 6.18 Å². The van der Waals surface area contributed by atoms with Crippen molar-refractivity contribution in [1.82, 2.24) is 20.3 Å². The van der Waals surface area contributed by atoms with Gasteiger partial charge in [0, 0.05) is 18.2 Å². The largest absolute Gasteiger partial charge is 0.395 e.